The lowest BCUT2D eigenvalue weighted by Crippen LogP contribution is -2.00. The van der Waals surface area contributed by atoms with Crippen molar-refractivity contribution in [2.45, 2.75) is 6.54 Å². The van der Waals surface area contributed by atoms with Gasteiger partial charge in [0, 0.05) is 39.9 Å². The van der Waals surface area contributed by atoms with Crippen LogP contribution in [0.25, 0.3) is 10.8 Å². The van der Waals surface area contributed by atoms with Gasteiger partial charge in [-0.15, -0.1) is 0 Å². The van der Waals surface area contributed by atoms with Crippen LogP contribution in [0.1, 0.15) is 5.56 Å². The van der Waals surface area contributed by atoms with Crippen LogP contribution in [0.15, 0.2) is 65.4 Å². The molecule has 0 saturated heterocycles. The summed E-state index contributed by atoms with van der Waals surface area (Å²) in [4.78, 5) is 4.15. The highest BCUT2D eigenvalue weighted by Crippen LogP contribution is 2.24. The summed E-state index contributed by atoms with van der Waals surface area (Å²) in [7, 11) is 0. The van der Waals surface area contributed by atoms with Crippen molar-refractivity contribution in [2.75, 3.05) is 5.32 Å². The fraction of sp³-hybridized carbons (Fsp3) is 0.0625. The molecule has 0 aliphatic rings. The van der Waals surface area contributed by atoms with Crippen molar-refractivity contribution in [3.05, 3.63) is 71.0 Å². The average Bonchev–Trinajstić information content (AvgIpc) is 2.46. The number of pyridine rings is 1. The van der Waals surface area contributed by atoms with Gasteiger partial charge in [-0.3, -0.25) is 4.98 Å². The van der Waals surface area contributed by atoms with Crippen LogP contribution in [0, 0.1) is 0 Å². The molecule has 1 heterocycles. The van der Waals surface area contributed by atoms with Crippen molar-refractivity contribution in [3.63, 3.8) is 0 Å². The molecule has 0 aliphatic heterocycles. The van der Waals surface area contributed by atoms with Crippen LogP contribution in [0.4, 0.5) is 5.69 Å². The lowest BCUT2D eigenvalue weighted by atomic mass is 10.1. The van der Waals surface area contributed by atoms with Gasteiger partial charge in [0.15, 0.2) is 0 Å². The molecule has 2 aromatic carbocycles. The molecule has 3 rings (SSSR count). The van der Waals surface area contributed by atoms with E-state index in [9.17, 15) is 0 Å². The molecule has 0 spiro atoms. The summed E-state index contributed by atoms with van der Waals surface area (Å²) >= 11 is 3.57. The highest BCUT2D eigenvalue weighted by Gasteiger charge is 2.02. The number of hydrogen-bond donors (Lipinski definition) is 1. The molecule has 1 aromatic heterocycles. The molecular weight excluding hydrogens is 300 g/mol. The molecule has 0 aliphatic carbocycles. The van der Waals surface area contributed by atoms with Crippen molar-refractivity contribution in [3.8, 4) is 0 Å². The number of benzene rings is 2. The summed E-state index contributed by atoms with van der Waals surface area (Å²) in [5, 5.41) is 5.84. The molecule has 94 valence electrons. The maximum atomic E-state index is 4.15. The second kappa shape index (κ2) is 5.41. The molecule has 0 atom stereocenters. The molecule has 0 fully saturated rings. The number of nitrogens with one attached hydrogen (secondary N) is 1. The first kappa shape index (κ1) is 12.2. The molecule has 0 bridgehead atoms. The number of nitrogens with zero attached hydrogens (tertiary/aromatic N) is 1. The van der Waals surface area contributed by atoms with E-state index in [1.165, 1.54) is 10.9 Å². The van der Waals surface area contributed by atoms with Gasteiger partial charge in [-0.1, -0.05) is 46.3 Å². The van der Waals surface area contributed by atoms with Crippen LogP contribution >= 0.6 is 15.9 Å². The molecule has 0 unspecified atom stereocenters. The topological polar surface area (TPSA) is 24.9 Å². The molecule has 19 heavy (non-hydrogen) atoms. The van der Waals surface area contributed by atoms with Gasteiger partial charge in [-0.05, 0) is 23.8 Å². The Bertz CT molecular complexity index is 704. The number of anilines is 1. The van der Waals surface area contributed by atoms with E-state index in [2.05, 4.69) is 56.6 Å². The zero-order valence-electron chi connectivity index (χ0n) is 10.3. The number of halogens is 1. The van der Waals surface area contributed by atoms with Crippen LogP contribution in [-0.2, 0) is 6.54 Å². The van der Waals surface area contributed by atoms with Gasteiger partial charge in [-0.2, -0.15) is 0 Å². The van der Waals surface area contributed by atoms with Crippen molar-refractivity contribution in [1.82, 2.24) is 4.98 Å². The van der Waals surface area contributed by atoms with Gasteiger partial charge >= 0.3 is 0 Å². The van der Waals surface area contributed by atoms with E-state index in [1.807, 2.05) is 30.6 Å². The Morgan fingerprint density at radius 2 is 1.89 bits per heavy atom. The second-order valence-corrected chi connectivity index (χ2v) is 5.20. The van der Waals surface area contributed by atoms with Crippen molar-refractivity contribution >= 4 is 32.4 Å². The lowest BCUT2D eigenvalue weighted by molar-refractivity contribution is 1.14. The van der Waals surface area contributed by atoms with E-state index in [1.54, 1.807) is 0 Å². The van der Waals surface area contributed by atoms with E-state index in [-0.39, 0.29) is 0 Å². The third-order valence-corrected chi connectivity index (χ3v) is 3.88. The third kappa shape index (κ3) is 2.61. The Morgan fingerprint density at radius 1 is 1.00 bits per heavy atom. The maximum Gasteiger partial charge on any atom is 0.0423 e. The van der Waals surface area contributed by atoms with E-state index in [4.69, 9.17) is 0 Å². The summed E-state index contributed by atoms with van der Waals surface area (Å²) in [5.41, 5.74) is 2.38. The minimum absolute atomic E-state index is 0.795. The largest absolute Gasteiger partial charge is 0.380 e. The normalized spacial score (nSPS) is 10.6. The summed E-state index contributed by atoms with van der Waals surface area (Å²) in [5.74, 6) is 0. The first-order valence-electron chi connectivity index (χ1n) is 6.14. The van der Waals surface area contributed by atoms with Gasteiger partial charge in [0.05, 0.1) is 0 Å². The van der Waals surface area contributed by atoms with Gasteiger partial charge < -0.3 is 5.32 Å². The van der Waals surface area contributed by atoms with Crippen molar-refractivity contribution < 1.29 is 0 Å². The number of hydrogen-bond acceptors (Lipinski definition) is 2. The highest BCUT2D eigenvalue weighted by atomic mass is 79.9. The Hall–Kier alpha value is -1.87. The Balaban J connectivity index is 1.88. The summed E-state index contributed by atoms with van der Waals surface area (Å²) in [6.45, 7) is 0.795. The Kier molecular flexibility index (Phi) is 3.47. The predicted molar refractivity (Wildman–Crippen MR) is 83.2 cm³/mol. The fourth-order valence-electron chi connectivity index (χ4n) is 2.11. The third-order valence-electron chi connectivity index (χ3n) is 3.11. The van der Waals surface area contributed by atoms with Crippen LogP contribution in [0.3, 0.4) is 0 Å². The van der Waals surface area contributed by atoms with E-state index in [0.29, 0.717) is 0 Å². The minimum atomic E-state index is 0.795. The molecule has 0 saturated carbocycles. The van der Waals surface area contributed by atoms with Crippen LogP contribution in [0.2, 0.25) is 0 Å². The van der Waals surface area contributed by atoms with E-state index < -0.39 is 0 Å². The summed E-state index contributed by atoms with van der Waals surface area (Å²) in [6.07, 6.45) is 3.71. The molecule has 2 nitrogen and oxygen atoms in total. The zero-order valence-corrected chi connectivity index (χ0v) is 11.9. The van der Waals surface area contributed by atoms with Gasteiger partial charge in [-0.25, -0.2) is 0 Å². The Labute approximate surface area is 120 Å². The number of fused-ring (bicyclic) bond motifs is 1. The summed E-state index contributed by atoms with van der Waals surface area (Å²) < 4.78 is 1.13. The van der Waals surface area contributed by atoms with Gasteiger partial charge in [0.1, 0.15) is 0 Å². The van der Waals surface area contributed by atoms with Crippen molar-refractivity contribution in [1.29, 1.82) is 0 Å². The van der Waals surface area contributed by atoms with Gasteiger partial charge in [0.25, 0.3) is 0 Å². The SMILES string of the molecule is Brc1ccccc1CNc1cccc2cnccc12. The Morgan fingerprint density at radius 3 is 2.79 bits per heavy atom. The first-order chi connectivity index (χ1) is 9.34. The standard InChI is InChI=1S/C16H13BrN2/c17-15-6-2-1-4-13(15)11-19-16-7-3-5-12-10-18-9-8-14(12)16/h1-10,19H,11H2. The monoisotopic (exact) mass is 312 g/mol. The lowest BCUT2D eigenvalue weighted by Gasteiger charge is -2.10. The summed E-state index contributed by atoms with van der Waals surface area (Å²) in [6, 6.07) is 16.5. The van der Waals surface area contributed by atoms with Gasteiger partial charge in [0.2, 0.25) is 0 Å². The second-order valence-electron chi connectivity index (χ2n) is 4.35. The molecule has 0 radical (unpaired) electrons. The van der Waals surface area contributed by atoms with Crippen molar-refractivity contribution in [2.24, 2.45) is 0 Å². The first-order valence-corrected chi connectivity index (χ1v) is 6.94. The smallest absolute Gasteiger partial charge is 0.0423 e. The highest BCUT2D eigenvalue weighted by molar-refractivity contribution is 9.10. The zero-order chi connectivity index (χ0) is 13.1. The minimum Gasteiger partial charge on any atom is -0.380 e. The molecule has 3 aromatic rings. The quantitative estimate of drug-likeness (QED) is 0.764. The van der Waals surface area contributed by atoms with E-state index >= 15 is 0 Å². The predicted octanol–water partition coefficient (Wildman–Crippen LogP) is 4.61. The van der Waals surface area contributed by atoms with Crippen LogP contribution < -0.4 is 5.32 Å². The molecule has 1 N–H and O–H groups in total. The molecule has 0 amide bonds. The average molecular weight is 313 g/mol. The molecule has 3 heteroatoms. The molecular formula is C16H13BrN2. The fourth-order valence-corrected chi connectivity index (χ4v) is 2.53. The van der Waals surface area contributed by atoms with Crippen LogP contribution in [-0.4, -0.2) is 4.98 Å². The number of rotatable bonds is 3. The van der Waals surface area contributed by atoms with E-state index in [0.717, 1.165) is 22.1 Å². The number of aromatic nitrogens is 1. The maximum absolute atomic E-state index is 4.15. The van der Waals surface area contributed by atoms with Crippen LogP contribution in [0.5, 0.6) is 0 Å².